The van der Waals surface area contributed by atoms with E-state index in [4.69, 9.17) is 0 Å². The molecule has 0 radical (unpaired) electrons. The molecular weight excluding hydrogens is 402 g/mol. The Hall–Kier alpha value is -2.36. The van der Waals surface area contributed by atoms with Crippen molar-refractivity contribution in [3.05, 3.63) is 82.6 Å². The van der Waals surface area contributed by atoms with Crippen LogP contribution >= 0.6 is 27.3 Å². The fourth-order valence-corrected chi connectivity index (χ4v) is 5.42. The summed E-state index contributed by atoms with van der Waals surface area (Å²) in [5, 5.41) is 4.83. The number of fused-ring (bicyclic) bond motifs is 2. The van der Waals surface area contributed by atoms with Gasteiger partial charge in [-0.15, -0.1) is 11.3 Å². The van der Waals surface area contributed by atoms with E-state index in [2.05, 4.69) is 106 Å². The fraction of sp³-hybridized carbons (Fsp3) is 0.0435. The Morgan fingerprint density at radius 1 is 0.808 bits per heavy atom. The standard InChI is InChI=1S/C23H16BrNS/c1-25-20-13-16(15-7-3-2-4-8-15)11-12-18(20)22(24)23(25)19-14-26-21-10-6-5-9-17(19)21/h2-14H,1H3. The molecule has 2 aromatic heterocycles. The van der Waals surface area contributed by atoms with Crippen LogP contribution in [0.2, 0.25) is 0 Å². The van der Waals surface area contributed by atoms with Crippen LogP contribution in [0.3, 0.4) is 0 Å². The van der Waals surface area contributed by atoms with Crippen LogP contribution < -0.4 is 0 Å². The number of hydrogen-bond donors (Lipinski definition) is 0. The first-order valence-electron chi connectivity index (χ1n) is 8.54. The Labute approximate surface area is 164 Å². The van der Waals surface area contributed by atoms with Crippen LogP contribution in [0.15, 0.2) is 82.6 Å². The van der Waals surface area contributed by atoms with E-state index in [-0.39, 0.29) is 0 Å². The second kappa shape index (κ2) is 6.11. The minimum absolute atomic E-state index is 1.16. The number of thiophene rings is 1. The third-order valence-corrected chi connectivity index (χ3v) is 6.75. The number of benzene rings is 3. The van der Waals surface area contributed by atoms with Crippen molar-refractivity contribution in [2.24, 2.45) is 7.05 Å². The Bertz CT molecular complexity index is 1250. The van der Waals surface area contributed by atoms with Crippen LogP contribution in [-0.2, 0) is 7.05 Å². The third-order valence-electron chi connectivity index (χ3n) is 4.98. The molecule has 0 aliphatic carbocycles. The van der Waals surface area contributed by atoms with E-state index in [1.807, 2.05) is 0 Å². The summed E-state index contributed by atoms with van der Waals surface area (Å²) in [6.07, 6.45) is 0. The molecule has 0 N–H and O–H groups in total. The maximum absolute atomic E-state index is 3.87. The van der Waals surface area contributed by atoms with Gasteiger partial charge in [-0.1, -0.05) is 60.7 Å². The van der Waals surface area contributed by atoms with Gasteiger partial charge in [-0.05, 0) is 39.2 Å². The molecule has 0 unspecified atom stereocenters. The van der Waals surface area contributed by atoms with Crippen molar-refractivity contribution in [3.8, 4) is 22.4 Å². The maximum atomic E-state index is 3.87. The summed E-state index contributed by atoms with van der Waals surface area (Å²) in [6, 6.07) is 25.9. The Morgan fingerprint density at radius 2 is 1.58 bits per heavy atom. The highest BCUT2D eigenvalue weighted by Gasteiger charge is 2.18. The largest absolute Gasteiger partial charge is 0.343 e. The summed E-state index contributed by atoms with van der Waals surface area (Å²) in [6.45, 7) is 0. The van der Waals surface area contributed by atoms with E-state index in [1.165, 1.54) is 43.4 Å². The maximum Gasteiger partial charge on any atom is 0.0647 e. The summed E-state index contributed by atoms with van der Waals surface area (Å²) in [7, 11) is 2.16. The molecule has 0 atom stereocenters. The average molecular weight is 418 g/mol. The van der Waals surface area contributed by atoms with Crippen molar-refractivity contribution in [2.75, 3.05) is 0 Å². The van der Waals surface area contributed by atoms with Gasteiger partial charge in [0.05, 0.1) is 15.7 Å². The molecule has 0 aliphatic rings. The van der Waals surface area contributed by atoms with E-state index in [9.17, 15) is 0 Å². The quantitative estimate of drug-likeness (QED) is 0.280. The van der Waals surface area contributed by atoms with Crippen LogP contribution in [0.1, 0.15) is 0 Å². The minimum Gasteiger partial charge on any atom is -0.343 e. The smallest absolute Gasteiger partial charge is 0.0647 e. The number of halogens is 1. The molecule has 0 saturated heterocycles. The van der Waals surface area contributed by atoms with E-state index in [1.54, 1.807) is 11.3 Å². The SMILES string of the molecule is Cn1c(-c2csc3ccccc23)c(Br)c2ccc(-c3ccccc3)cc21. The van der Waals surface area contributed by atoms with E-state index < -0.39 is 0 Å². The number of aromatic nitrogens is 1. The molecule has 0 saturated carbocycles. The molecule has 5 aromatic rings. The number of hydrogen-bond acceptors (Lipinski definition) is 1. The van der Waals surface area contributed by atoms with Gasteiger partial charge in [-0.25, -0.2) is 0 Å². The Balaban J connectivity index is 1.77. The van der Waals surface area contributed by atoms with Crippen molar-refractivity contribution < 1.29 is 0 Å². The second-order valence-corrected chi connectivity index (χ2v) is 8.17. The summed E-state index contributed by atoms with van der Waals surface area (Å²) in [5.74, 6) is 0. The summed E-state index contributed by atoms with van der Waals surface area (Å²) in [4.78, 5) is 0. The summed E-state index contributed by atoms with van der Waals surface area (Å²) >= 11 is 5.68. The van der Waals surface area contributed by atoms with Crippen LogP contribution in [0.5, 0.6) is 0 Å². The van der Waals surface area contributed by atoms with Crippen LogP contribution in [0.4, 0.5) is 0 Å². The number of rotatable bonds is 2. The first-order chi connectivity index (χ1) is 12.7. The van der Waals surface area contributed by atoms with Crippen molar-refractivity contribution in [1.82, 2.24) is 4.57 Å². The molecule has 126 valence electrons. The van der Waals surface area contributed by atoms with Crippen molar-refractivity contribution in [3.63, 3.8) is 0 Å². The van der Waals surface area contributed by atoms with Crippen LogP contribution in [0, 0.1) is 0 Å². The summed E-state index contributed by atoms with van der Waals surface area (Å²) < 4.78 is 4.79. The molecule has 0 bridgehead atoms. The normalized spacial score (nSPS) is 11.5. The number of nitrogens with zero attached hydrogens (tertiary/aromatic N) is 1. The zero-order valence-corrected chi connectivity index (χ0v) is 16.6. The highest BCUT2D eigenvalue weighted by Crippen LogP contribution is 2.42. The van der Waals surface area contributed by atoms with Gasteiger partial charge < -0.3 is 4.57 Å². The predicted octanol–water partition coefficient (Wildman–Crippen LogP) is 7.49. The van der Waals surface area contributed by atoms with Gasteiger partial charge in [-0.2, -0.15) is 0 Å². The highest BCUT2D eigenvalue weighted by atomic mass is 79.9. The molecule has 1 nitrogen and oxygen atoms in total. The van der Waals surface area contributed by atoms with Crippen molar-refractivity contribution in [1.29, 1.82) is 0 Å². The van der Waals surface area contributed by atoms with Crippen LogP contribution in [-0.4, -0.2) is 4.57 Å². The zero-order chi connectivity index (χ0) is 17.7. The lowest BCUT2D eigenvalue weighted by Gasteiger charge is -2.06. The predicted molar refractivity (Wildman–Crippen MR) is 117 cm³/mol. The molecule has 3 aromatic carbocycles. The van der Waals surface area contributed by atoms with Crippen LogP contribution in [0.25, 0.3) is 43.4 Å². The lowest BCUT2D eigenvalue weighted by molar-refractivity contribution is 0.978. The van der Waals surface area contributed by atoms with Gasteiger partial charge in [0.2, 0.25) is 0 Å². The van der Waals surface area contributed by atoms with Crippen molar-refractivity contribution >= 4 is 48.3 Å². The van der Waals surface area contributed by atoms with Gasteiger partial charge in [-0.3, -0.25) is 0 Å². The van der Waals surface area contributed by atoms with Gasteiger partial charge in [0, 0.05) is 33.5 Å². The monoisotopic (exact) mass is 417 g/mol. The lowest BCUT2D eigenvalue weighted by atomic mass is 10.0. The highest BCUT2D eigenvalue weighted by molar-refractivity contribution is 9.10. The van der Waals surface area contributed by atoms with Gasteiger partial charge >= 0.3 is 0 Å². The van der Waals surface area contributed by atoms with Gasteiger partial charge in [0.15, 0.2) is 0 Å². The molecule has 0 spiro atoms. The second-order valence-electron chi connectivity index (χ2n) is 6.47. The fourth-order valence-electron chi connectivity index (χ4n) is 3.66. The number of aryl methyl sites for hydroxylation is 1. The molecule has 2 heterocycles. The first kappa shape index (κ1) is 15.9. The molecule has 26 heavy (non-hydrogen) atoms. The molecule has 3 heteroatoms. The first-order valence-corrected chi connectivity index (χ1v) is 10.2. The molecule has 0 aliphatic heterocycles. The summed E-state index contributed by atoms with van der Waals surface area (Å²) in [5.41, 5.74) is 6.26. The average Bonchev–Trinajstić information content (AvgIpc) is 3.21. The molecule has 5 rings (SSSR count). The topological polar surface area (TPSA) is 4.93 Å². The molecule has 0 amide bonds. The van der Waals surface area contributed by atoms with E-state index in [0.29, 0.717) is 0 Å². The lowest BCUT2D eigenvalue weighted by Crippen LogP contribution is -1.91. The van der Waals surface area contributed by atoms with Crippen molar-refractivity contribution in [2.45, 2.75) is 0 Å². The Kier molecular flexibility index (Phi) is 3.73. The van der Waals surface area contributed by atoms with E-state index >= 15 is 0 Å². The van der Waals surface area contributed by atoms with Gasteiger partial charge in [0.25, 0.3) is 0 Å². The Morgan fingerprint density at radius 3 is 2.42 bits per heavy atom. The molecular formula is C23H16BrNS. The zero-order valence-electron chi connectivity index (χ0n) is 14.2. The minimum atomic E-state index is 1.16. The van der Waals surface area contributed by atoms with Gasteiger partial charge in [0.1, 0.15) is 0 Å². The van der Waals surface area contributed by atoms with E-state index in [0.717, 1.165) is 4.47 Å². The third kappa shape index (κ3) is 2.35. The molecule has 0 fully saturated rings.